The number of carbonyl (C=O) groups is 1. The highest BCUT2D eigenvalue weighted by molar-refractivity contribution is 9.10. The molecule has 1 aromatic heterocycles. The maximum atomic E-state index is 12.2. The number of benzene rings is 2. The molecule has 0 aliphatic heterocycles. The number of halogens is 1. The number of ether oxygens (including phenoxy) is 1. The van der Waals surface area contributed by atoms with Gasteiger partial charge in [0.2, 0.25) is 0 Å². The Kier molecular flexibility index (Phi) is 7.45. The van der Waals surface area contributed by atoms with Crippen LogP contribution in [0, 0.1) is 0 Å². The lowest BCUT2D eigenvalue weighted by atomic mass is 10.2. The van der Waals surface area contributed by atoms with Gasteiger partial charge < -0.3 is 15.8 Å². The number of unbranched alkanes of at least 4 members (excludes halogenated alkanes) is 1. The van der Waals surface area contributed by atoms with E-state index in [0.29, 0.717) is 18.0 Å². The second-order valence-electron chi connectivity index (χ2n) is 6.42. The predicted molar refractivity (Wildman–Crippen MR) is 122 cm³/mol. The van der Waals surface area contributed by atoms with Gasteiger partial charge in [-0.3, -0.25) is 15.6 Å². The monoisotopic (exact) mass is 470 g/mol. The van der Waals surface area contributed by atoms with Crippen LogP contribution in [0.1, 0.15) is 30.1 Å². The molecule has 0 fully saturated rings. The maximum absolute atomic E-state index is 12.2. The molecule has 30 heavy (non-hydrogen) atoms. The Balaban J connectivity index is 1.61. The van der Waals surface area contributed by atoms with Crippen molar-refractivity contribution in [1.82, 2.24) is 15.4 Å². The van der Waals surface area contributed by atoms with Gasteiger partial charge in [0.25, 0.3) is 5.91 Å². The van der Waals surface area contributed by atoms with Crippen LogP contribution in [0.15, 0.2) is 59.3 Å². The zero-order valence-electron chi connectivity index (χ0n) is 16.5. The molecule has 2 aromatic carbocycles. The Morgan fingerprint density at radius 1 is 1.07 bits per heavy atom. The number of hydrogen-bond donors (Lipinski definition) is 4. The Morgan fingerprint density at radius 3 is 2.47 bits per heavy atom. The normalized spacial score (nSPS) is 10.3. The molecule has 0 atom stereocenters. The number of aromatic nitrogens is 2. The molecule has 1 amide bonds. The van der Waals surface area contributed by atoms with Crippen molar-refractivity contribution in [3.63, 3.8) is 0 Å². The van der Waals surface area contributed by atoms with Crippen molar-refractivity contribution in [2.75, 3.05) is 23.1 Å². The molecule has 0 unspecified atom stereocenters. The first-order valence-electron chi connectivity index (χ1n) is 9.49. The smallest absolute Gasteiger partial charge is 0.269 e. The zero-order chi connectivity index (χ0) is 21.3. The highest BCUT2D eigenvalue weighted by Gasteiger charge is 2.11. The minimum atomic E-state index is -0.311. The summed E-state index contributed by atoms with van der Waals surface area (Å²) in [6.07, 6.45) is 3.47. The molecule has 3 aromatic rings. The third-order valence-electron chi connectivity index (χ3n) is 4.17. The van der Waals surface area contributed by atoms with Crippen molar-refractivity contribution < 1.29 is 9.53 Å². The molecular weight excluding hydrogens is 448 g/mol. The summed E-state index contributed by atoms with van der Waals surface area (Å²) in [4.78, 5) is 20.5. The molecule has 0 aliphatic rings. The number of rotatable bonds is 9. The highest BCUT2D eigenvalue weighted by atomic mass is 79.9. The van der Waals surface area contributed by atoms with Gasteiger partial charge >= 0.3 is 0 Å². The van der Waals surface area contributed by atoms with Crippen LogP contribution in [0.2, 0.25) is 0 Å². The number of carbonyl (C=O) groups excluding carboxylic acids is 1. The van der Waals surface area contributed by atoms with E-state index in [0.717, 1.165) is 28.8 Å². The molecular formula is C21H23BrN6O2. The second-order valence-corrected chi connectivity index (χ2v) is 7.34. The molecule has 5 N–H and O–H groups in total. The number of anilines is 4. The van der Waals surface area contributed by atoms with E-state index >= 15 is 0 Å². The quantitative estimate of drug-likeness (QED) is 0.268. The number of amides is 1. The van der Waals surface area contributed by atoms with Crippen molar-refractivity contribution in [1.29, 1.82) is 0 Å². The van der Waals surface area contributed by atoms with Gasteiger partial charge in [-0.1, -0.05) is 29.3 Å². The van der Waals surface area contributed by atoms with Crippen molar-refractivity contribution in [2.24, 2.45) is 0 Å². The number of hydrogen-bond acceptors (Lipinski definition) is 7. The lowest BCUT2D eigenvalue weighted by Crippen LogP contribution is -2.30. The van der Waals surface area contributed by atoms with Crippen LogP contribution in [0.3, 0.4) is 0 Å². The third-order valence-corrected chi connectivity index (χ3v) is 4.70. The summed E-state index contributed by atoms with van der Waals surface area (Å²) in [5.41, 5.74) is 13.0. The molecule has 1 heterocycles. The van der Waals surface area contributed by atoms with E-state index in [4.69, 9.17) is 10.5 Å². The molecule has 3 rings (SSSR count). The van der Waals surface area contributed by atoms with Gasteiger partial charge in [-0.2, -0.15) is 0 Å². The van der Waals surface area contributed by atoms with Crippen molar-refractivity contribution in [3.8, 4) is 5.75 Å². The fourth-order valence-corrected chi connectivity index (χ4v) is 2.75. The lowest BCUT2D eigenvalue weighted by molar-refractivity contribution is 0.0962. The van der Waals surface area contributed by atoms with Crippen molar-refractivity contribution in [3.05, 3.63) is 64.9 Å². The topological polar surface area (TPSA) is 114 Å². The first-order chi connectivity index (χ1) is 14.6. The van der Waals surface area contributed by atoms with Crippen LogP contribution in [0.4, 0.5) is 23.0 Å². The number of nitrogens with one attached hydrogen (secondary N) is 3. The van der Waals surface area contributed by atoms with Crippen molar-refractivity contribution >= 4 is 44.8 Å². The summed E-state index contributed by atoms with van der Waals surface area (Å²) in [6, 6.07) is 14.5. The Labute approximate surface area is 183 Å². The number of nitrogens with zero attached hydrogens (tertiary/aromatic N) is 2. The van der Waals surface area contributed by atoms with Crippen LogP contribution in [0.5, 0.6) is 5.75 Å². The lowest BCUT2D eigenvalue weighted by Gasteiger charge is -2.13. The van der Waals surface area contributed by atoms with Crippen LogP contribution >= 0.6 is 15.9 Å². The third kappa shape index (κ3) is 5.84. The molecule has 0 radical (unpaired) electrons. The molecule has 156 valence electrons. The first kappa shape index (κ1) is 21.4. The average Bonchev–Trinajstić information content (AvgIpc) is 2.76. The Morgan fingerprint density at radius 2 is 1.77 bits per heavy atom. The van der Waals surface area contributed by atoms with Crippen LogP contribution in [-0.2, 0) is 0 Å². The second kappa shape index (κ2) is 10.4. The molecule has 0 spiro atoms. The Hall–Kier alpha value is -3.33. The Bertz CT molecular complexity index is 980. The standard InChI is InChI=1S/C21H23BrN6O2/c1-2-3-12-30-17-10-8-16(9-11-17)26-19-18(23)20(25-13-24-19)27-28-21(29)14-4-6-15(22)7-5-14/h4-11,13H,2-3,12,23H2,1H3,(H,28,29)(H2,24,25,26,27). The molecule has 8 nitrogen and oxygen atoms in total. The molecule has 0 saturated heterocycles. The van der Waals surface area contributed by atoms with Crippen LogP contribution in [-0.4, -0.2) is 22.5 Å². The fraction of sp³-hybridized carbons (Fsp3) is 0.190. The molecule has 0 aliphatic carbocycles. The summed E-state index contributed by atoms with van der Waals surface area (Å²) in [5.74, 6) is 1.21. The number of nitrogens with two attached hydrogens (primary N) is 1. The van der Waals surface area contributed by atoms with Gasteiger partial charge in [0.1, 0.15) is 17.8 Å². The van der Waals surface area contributed by atoms with E-state index in [-0.39, 0.29) is 17.4 Å². The molecule has 0 bridgehead atoms. The van der Waals surface area contributed by atoms with E-state index in [1.807, 2.05) is 24.3 Å². The minimum absolute atomic E-state index is 0.275. The average molecular weight is 471 g/mol. The minimum Gasteiger partial charge on any atom is -0.494 e. The SMILES string of the molecule is CCCCOc1ccc(Nc2ncnc(NNC(=O)c3ccc(Br)cc3)c2N)cc1. The summed E-state index contributed by atoms with van der Waals surface area (Å²) >= 11 is 3.34. The van der Waals surface area contributed by atoms with Gasteiger partial charge in [-0.15, -0.1) is 0 Å². The first-order valence-corrected chi connectivity index (χ1v) is 10.3. The van der Waals surface area contributed by atoms with E-state index in [2.05, 4.69) is 49.0 Å². The predicted octanol–water partition coefficient (Wildman–Crippen LogP) is 4.50. The summed E-state index contributed by atoms with van der Waals surface area (Å²) in [5, 5.41) is 3.14. The van der Waals surface area contributed by atoms with E-state index in [9.17, 15) is 4.79 Å². The van der Waals surface area contributed by atoms with E-state index < -0.39 is 0 Å². The van der Waals surface area contributed by atoms with E-state index in [1.54, 1.807) is 24.3 Å². The number of nitrogen functional groups attached to an aromatic ring is 1. The summed E-state index contributed by atoms with van der Waals surface area (Å²) in [6.45, 7) is 2.82. The largest absolute Gasteiger partial charge is 0.494 e. The summed E-state index contributed by atoms with van der Waals surface area (Å²) < 4.78 is 6.55. The maximum Gasteiger partial charge on any atom is 0.269 e. The van der Waals surface area contributed by atoms with Crippen LogP contribution in [0.25, 0.3) is 0 Å². The summed E-state index contributed by atoms with van der Waals surface area (Å²) in [7, 11) is 0. The van der Waals surface area contributed by atoms with Gasteiger partial charge in [0.15, 0.2) is 11.6 Å². The van der Waals surface area contributed by atoms with Gasteiger partial charge in [0.05, 0.1) is 6.61 Å². The van der Waals surface area contributed by atoms with Gasteiger partial charge in [-0.05, 0) is 55.0 Å². The van der Waals surface area contributed by atoms with E-state index in [1.165, 1.54) is 6.33 Å². The molecule has 9 heteroatoms. The highest BCUT2D eigenvalue weighted by Crippen LogP contribution is 2.26. The zero-order valence-corrected chi connectivity index (χ0v) is 18.1. The van der Waals surface area contributed by atoms with Gasteiger partial charge in [0, 0.05) is 15.7 Å². The van der Waals surface area contributed by atoms with Gasteiger partial charge in [-0.25, -0.2) is 9.97 Å². The van der Waals surface area contributed by atoms with Crippen LogP contribution < -0.4 is 26.6 Å². The fourth-order valence-electron chi connectivity index (χ4n) is 2.49. The number of hydrazine groups is 1. The molecule has 0 saturated carbocycles. The van der Waals surface area contributed by atoms with Crippen molar-refractivity contribution in [2.45, 2.75) is 19.8 Å².